The molecule has 2 rings (SSSR count). The zero-order chi connectivity index (χ0) is 13.0. The van der Waals surface area contributed by atoms with E-state index in [0.29, 0.717) is 5.92 Å². The van der Waals surface area contributed by atoms with Gasteiger partial charge in [-0.3, -0.25) is 4.98 Å². The lowest BCUT2D eigenvalue weighted by Gasteiger charge is -2.35. The molecule has 1 aromatic rings. The Hall–Kier alpha value is -0.890. The second-order valence-corrected chi connectivity index (χ2v) is 5.83. The van der Waals surface area contributed by atoms with Crippen molar-refractivity contribution in [3.63, 3.8) is 0 Å². The molecule has 0 amide bonds. The van der Waals surface area contributed by atoms with Crippen LogP contribution in [0.4, 0.5) is 0 Å². The number of aromatic nitrogens is 1. The quantitative estimate of drug-likeness (QED) is 0.879. The predicted molar refractivity (Wildman–Crippen MR) is 76.8 cm³/mol. The van der Waals surface area contributed by atoms with Crippen LogP contribution in [-0.2, 0) is 0 Å². The van der Waals surface area contributed by atoms with E-state index in [-0.39, 0.29) is 0 Å². The van der Waals surface area contributed by atoms with Crippen molar-refractivity contribution in [2.75, 3.05) is 13.1 Å². The largest absolute Gasteiger partial charge is 0.317 e. The normalized spacial score (nSPS) is 28.3. The number of nitrogens with one attached hydrogen (secondary N) is 1. The van der Waals surface area contributed by atoms with Crippen molar-refractivity contribution in [1.29, 1.82) is 0 Å². The van der Waals surface area contributed by atoms with Crippen LogP contribution in [0.5, 0.6) is 0 Å². The first-order valence-electron chi connectivity index (χ1n) is 7.34. The number of rotatable bonds is 4. The molecule has 2 nitrogen and oxygen atoms in total. The van der Waals surface area contributed by atoms with Crippen LogP contribution < -0.4 is 5.32 Å². The highest BCUT2D eigenvalue weighted by Gasteiger charge is 2.29. The molecule has 1 fully saturated rings. The van der Waals surface area contributed by atoms with Crippen molar-refractivity contribution in [3.05, 3.63) is 29.6 Å². The summed E-state index contributed by atoms with van der Waals surface area (Å²) in [6.07, 6.45) is 6.15. The molecular weight excluding hydrogens is 220 g/mol. The molecule has 3 atom stereocenters. The van der Waals surface area contributed by atoms with E-state index in [0.717, 1.165) is 30.6 Å². The molecule has 0 aliphatic heterocycles. The topological polar surface area (TPSA) is 24.9 Å². The molecule has 0 spiro atoms. The first-order valence-corrected chi connectivity index (χ1v) is 7.34. The molecule has 0 bridgehead atoms. The fourth-order valence-corrected chi connectivity index (χ4v) is 3.12. The van der Waals surface area contributed by atoms with Gasteiger partial charge in [-0.2, -0.15) is 0 Å². The average Bonchev–Trinajstić information content (AvgIpc) is 2.38. The van der Waals surface area contributed by atoms with Gasteiger partial charge in [-0.25, -0.2) is 0 Å². The van der Waals surface area contributed by atoms with Gasteiger partial charge in [0.1, 0.15) is 0 Å². The molecule has 1 aromatic heterocycles. The number of aryl methyl sites for hydroxylation is 1. The summed E-state index contributed by atoms with van der Waals surface area (Å²) >= 11 is 0. The number of hydrogen-bond donors (Lipinski definition) is 1. The van der Waals surface area contributed by atoms with Crippen LogP contribution in [-0.4, -0.2) is 18.1 Å². The zero-order valence-electron chi connectivity index (χ0n) is 11.9. The van der Waals surface area contributed by atoms with Gasteiger partial charge in [0.25, 0.3) is 0 Å². The second-order valence-electron chi connectivity index (χ2n) is 5.83. The summed E-state index contributed by atoms with van der Waals surface area (Å²) in [5.41, 5.74) is 2.56. The molecule has 1 N–H and O–H groups in total. The van der Waals surface area contributed by atoms with Crippen LogP contribution >= 0.6 is 0 Å². The van der Waals surface area contributed by atoms with Crippen LogP contribution in [0.3, 0.4) is 0 Å². The number of nitrogens with zero attached hydrogens (tertiary/aromatic N) is 1. The highest BCUT2D eigenvalue weighted by Crippen LogP contribution is 2.39. The molecule has 3 unspecified atom stereocenters. The SMILES string of the molecule is CCNCC1CCC(C)CC1c1ccc(C)nc1. The fraction of sp³-hybridized carbons (Fsp3) is 0.688. The maximum atomic E-state index is 4.47. The van der Waals surface area contributed by atoms with Crippen LogP contribution in [0, 0.1) is 18.8 Å². The van der Waals surface area contributed by atoms with E-state index in [1.54, 1.807) is 0 Å². The maximum Gasteiger partial charge on any atom is 0.0372 e. The minimum atomic E-state index is 0.695. The fourth-order valence-electron chi connectivity index (χ4n) is 3.12. The van der Waals surface area contributed by atoms with Gasteiger partial charge in [-0.15, -0.1) is 0 Å². The summed E-state index contributed by atoms with van der Waals surface area (Å²) < 4.78 is 0. The number of pyridine rings is 1. The predicted octanol–water partition coefficient (Wildman–Crippen LogP) is 3.52. The molecule has 100 valence electrons. The van der Waals surface area contributed by atoms with Crippen molar-refractivity contribution >= 4 is 0 Å². The van der Waals surface area contributed by atoms with Crippen molar-refractivity contribution in [1.82, 2.24) is 10.3 Å². The highest BCUT2D eigenvalue weighted by molar-refractivity contribution is 5.19. The van der Waals surface area contributed by atoms with Crippen molar-refractivity contribution < 1.29 is 0 Å². The van der Waals surface area contributed by atoms with Crippen LogP contribution in [0.25, 0.3) is 0 Å². The van der Waals surface area contributed by atoms with Gasteiger partial charge in [-0.05, 0) is 62.2 Å². The average molecular weight is 246 g/mol. The summed E-state index contributed by atoms with van der Waals surface area (Å²) in [6, 6.07) is 4.43. The molecule has 1 heterocycles. The van der Waals surface area contributed by atoms with Crippen molar-refractivity contribution in [2.45, 2.75) is 46.0 Å². The standard InChI is InChI=1S/C16H26N2/c1-4-17-10-14-7-5-12(2)9-16(14)15-8-6-13(3)18-11-15/h6,8,11-12,14,16-17H,4-5,7,9-10H2,1-3H3. The first-order chi connectivity index (χ1) is 8.70. The minimum Gasteiger partial charge on any atom is -0.317 e. The monoisotopic (exact) mass is 246 g/mol. The van der Waals surface area contributed by atoms with E-state index in [9.17, 15) is 0 Å². The third kappa shape index (κ3) is 3.32. The van der Waals surface area contributed by atoms with Crippen LogP contribution in [0.15, 0.2) is 18.3 Å². The van der Waals surface area contributed by atoms with E-state index in [4.69, 9.17) is 0 Å². The summed E-state index contributed by atoms with van der Waals surface area (Å²) in [7, 11) is 0. The van der Waals surface area contributed by atoms with Gasteiger partial charge in [0.15, 0.2) is 0 Å². The van der Waals surface area contributed by atoms with E-state index in [2.05, 4.69) is 49.4 Å². The Labute approximate surface area is 111 Å². The molecule has 1 saturated carbocycles. The maximum absolute atomic E-state index is 4.47. The third-order valence-corrected chi connectivity index (χ3v) is 4.27. The zero-order valence-corrected chi connectivity index (χ0v) is 11.9. The summed E-state index contributed by atoms with van der Waals surface area (Å²) in [6.45, 7) is 8.86. The Morgan fingerprint density at radius 1 is 1.33 bits per heavy atom. The Kier molecular flexibility index (Phi) is 4.76. The first kappa shape index (κ1) is 13.5. The third-order valence-electron chi connectivity index (χ3n) is 4.27. The van der Waals surface area contributed by atoms with Crippen LogP contribution in [0.2, 0.25) is 0 Å². The summed E-state index contributed by atoms with van der Waals surface area (Å²) in [5.74, 6) is 2.33. The van der Waals surface area contributed by atoms with Crippen molar-refractivity contribution in [3.8, 4) is 0 Å². The van der Waals surface area contributed by atoms with E-state index in [1.807, 2.05) is 0 Å². The van der Waals surface area contributed by atoms with Gasteiger partial charge in [0.05, 0.1) is 0 Å². The van der Waals surface area contributed by atoms with Crippen molar-refractivity contribution in [2.24, 2.45) is 11.8 Å². The smallest absolute Gasteiger partial charge is 0.0372 e. The van der Waals surface area contributed by atoms with Gasteiger partial charge in [0.2, 0.25) is 0 Å². The Morgan fingerprint density at radius 2 is 2.17 bits per heavy atom. The van der Waals surface area contributed by atoms with E-state index < -0.39 is 0 Å². The lowest BCUT2D eigenvalue weighted by Crippen LogP contribution is -2.31. The van der Waals surface area contributed by atoms with Gasteiger partial charge in [-0.1, -0.05) is 26.3 Å². The lowest BCUT2D eigenvalue weighted by molar-refractivity contribution is 0.242. The highest BCUT2D eigenvalue weighted by atomic mass is 14.8. The van der Waals surface area contributed by atoms with E-state index in [1.165, 1.54) is 24.8 Å². The summed E-state index contributed by atoms with van der Waals surface area (Å²) in [4.78, 5) is 4.47. The van der Waals surface area contributed by atoms with Gasteiger partial charge < -0.3 is 5.32 Å². The molecule has 18 heavy (non-hydrogen) atoms. The Balaban J connectivity index is 2.11. The molecule has 2 heteroatoms. The minimum absolute atomic E-state index is 0.695. The second kappa shape index (κ2) is 6.33. The van der Waals surface area contributed by atoms with Crippen LogP contribution in [0.1, 0.15) is 50.3 Å². The lowest BCUT2D eigenvalue weighted by atomic mass is 9.72. The van der Waals surface area contributed by atoms with Gasteiger partial charge in [0, 0.05) is 11.9 Å². The molecule has 0 saturated heterocycles. The Morgan fingerprint density at radius 3 is 2.83 bits per heavy atom. The van der Waals surface area contributed by atoms with Gasteiger partial charge >= 0.3 is 0 Å². The molecule has 0 radical (unpaired) electrons. The number of hydrogen-bond acceptors (Lipinski definition) is 2. The molecule has 1 aliphatic carbocycles. The molecule has 0 aromatic carbocycles. The molecule has 1 aliphatic rings. The molecular formula is C16H26N2. The summed E-state index contributed by atoms with van der Waals surface area (Å²) in [5, 5.41) is 3.52. The Bertz CT molecular complexity index is 356. The van der Waals surface area contributed by atoms with E-state index >= 15 is 0 Å².